The summed E-state index contributed by atoms with van der Waals surface area (Å²) in [6.45, 7) is 3.85. The van der Waals surface area contributed by atoms with E-state index in [1.165, 1.54) is 4.90 Å². The third kappa shape index (κ3) is 8.20. The van der Waals surface area contributed by atoms with Gasteiger partial charge in [-0.3, -0.25) is 4.79 Å². The van der Waals surface area contributed by atoms with Crippen LogP contribution < -0.4 is 5.32 Å². The van der Waals surface area contributed by atoms with E-state index in [-0.39, 0.29) is 5.91 Å². The molecule has 23 heavy (non-hydrogen) atoms. The van der Waals surface area contributed by atoms with Gasteiger partial charge in [0.25, 0.3) is 0 Å². The van der Waals surface area contributed by atoms with Crippen molar-refractivity contribution in [1.82, 2.24) is 5.32 Å². The normalized spacial score (nSPS) is 17.3. The quantitative estimate of drug-likeness (QED) is 0.481. The third-order valence-corrected chi connectivity index (χ3v) is 5.12. The number of hydrogen-bond donors (Lipinski definition) is 1. The molecule has 1 heterocycles. The number of amides is 1. The molecule has 0 saturated carbocycles. The Bertz CT molecular complexity index is 463. The maximum Gasteiger partial charge on any atom is 0.220 e. The van der Waals surface area contributed by atoms with Crippen LogP contribution in [-0.2, 0) is 14.3 Å². The molecule has 1 atom stereocenters. The predicted molar refractivity (Wildman–Crippen MR) is 96.9 cm³/mol. The summed E-state index contributed by atoms with van der Waals surface area (Å²) in [5, 5.41) is 2.94. The minimum absolute atomic E-state index is 0.110. The van der Waals surface area contributed by atoms with Crippen LogP contribution in [0.3, 0.4) is 0 Å². The molecule has 0 radical (unpaired) electrons. The zero-order valence-corrected chi connectivity index (χ0v) is 15.7. The van der Waals surface area contributed by atoms with Gasteiger partial charge >= 0.3 is 0 Å². The molecule has 0 aromatic heterocycles. The van der Waals surface area contributed by atoms with Crippen LogP contribution in [0.4, 0.5) is 0 Å². The summed E-state index contributed by atoms with van der Waals surface area (Å²) >= 11 is 5.11. The van der Waals surface area contributed by atoms with E-state index in [1.807, 2.05) is 12.1 Å². The Balaban J connectivity index is 1.43. The molecule has 1 unspecified atom stereocenters. The van der Waals surface area contributed by atoms with Gasteiger partial charge in [-0.1, -0.05) is 15.9 Å². The van der Waals surface area contributed by atoms with Gasteiger partial charge in [0.2, 0.25) is 5.91 Å². The second kappa shape index (κ2) is 11.1. The van der Waals surface area contributed by atoms with Gasteiger partial charge < -0.3 is 14.8 Å². The van der Waals surface area contributed by atoms with Crippen molar-refractivity contribution >= 4 is 33.6 Å². The molecule has 0 aliphatic carbocycles. The number of nitrogens with one attached hydrogen (secondary N) is 1. The lowest BCUT2D eigenvalue weighted by Gasteiger charge is -2.09. The molecule has 1 fully saturated rings. The first-order chi connectivity index (χ1) is 11.2. The topological polar surface area (TPSA) is 47.6 Å². The van der Waals surface area contributed by atoms with Gasteiger partial charge in [0.15, 0.2) is 0 Å². The van der Waals surface area contributed by atoms with Crippen molar-refractivity contribution in [3.05, 3.63) is 28.7 Å². The fourth-order valence-electron chi connectivity index (χ4n) is 2.25. The van der Waals surface area contributed by atoms with Crippen LogP contribution in [0.2, 0.25) is 0 Å². The van der Waals surface area contributed by atoms with Crippen molar-refractivity contribution < 1.29 is 14.3 Å². The van der Waals surface area contributed by atoms with Gasteiger partial charge in [0.05, 0.1) is 13.2 Å². The first-order valence-electron chi connectivity index (χ1n) is 8.04. The van der Waals surface area contributed by atoms with E-state index in [2.05, 4.69) is 33.4 Å². The Morgan fingerprint density at radius 3 is 2.96 bits per heavy atom. The Morgan fingerprint density at radius 1 is 1.39 bits per heavy atom. The Hall–Kier alpha value is -0.560. The highest BCUT2D eigenvalue weighted by molar-refractivity contribution is 9.10. The first-order valence-corrected chi connectivity index (χ1v) is 9.82. The van der Waals surface area contributed by atoms with Crippen LogP contribution >= 0.6 is 27.7 Å². The van der Waals surface area contributed by atoms with E-state index >= 15 is 0 Å². The number of carbonyl (C=O) groups is 1. The average molecular weight is 402 g/mol. The van der Waals surface area contributed by atoms with Crippen molar-refractivity contribution in [2.45, 2.75) is 24.2 Å². The van der Waals surface area contributed by atoms with Crippen molar-refractivity contribution in [1.29, 1.82) is 0 Å². The maximum atomic E-state index is 11.7. The minimum atomic E-state index is 0.110. The van der Waals surface area contributed by atoms with E-state index < -0.39 is 0 Å². The van der Waals surface area contributed by atoms with E-state index in [4.69, 9.17) is 9.47 Å². The number of benzene rings is 1. The smallest absolute Gasteiger partial charge is 0.220 e. The summed E-state index contributed by atoms with van der Waals surface area (Å²) in [6, 6.07) is 8.14. The molecule has 1 saturated heterocycles. The zero-order valence-electron chi connectivity index (χ0n) is 13.3. The van der Waals surface area contributed by atoms with Crippen LogP contribution in [0, 0.1) is 5.92 Å². The Labute approximate surface area is 150 Å². The van der Waals surface area contributed by atoms with E-state index in [0.29, 0.717) is 25.5 Å². The second-order valence-electron chi connectivity index (χ2n) is 5.56. The summed E-state index contributed by atoms with van der Waals surface area (Å²) in [6.07, 6.45) is 2.51. The molecule has 6 heteroatoms. The standard InChI is InChI=1S/C17H24BrNO3S/c18-15-2-4-16(5-3-15)23-11-7-17(20)19-8-1-9-21-12-14-6-10-22-13-14/h2-5,14H,1,6-13H2,(H,19,20). The molecule has 1 amide bonds. The van der Waals surface area contributed by atoms with Crippen molar-refractivity contribution in [3.8, 4) is 0 Å². The monoisotopic (exact) mass is 401 g/mol. The molecule has 1 aliphatic rings. The highest BCUT2D eigenvalue weighted by atomic mass is 79.9. The van der Waals surface area contributed by atoms with Crippen molar-refractivity contribution in [2.24, 2.45) is 5.92 Å². The maximum absolute atomic E-state index is 11.7. The summed E-state index contributed by atoms with van der Waals surface area (Å²) < 4.78 is 12.0. The van der Waals surface area contributed by atoms with E-state index in [0.717, 1.165) is 42.9 Å². The van der Waals surface area contributed by atoms with Crippen LogP contribution in [0.1, 0.15) is 19.3 Å². The number of halogens is 1. The first kappa shape index (κ1) is 18.8. The highest BCUT2D eigenvalue weighted by Gasteiger charge is 2.15. The Morgan fingerprint density at radius 2 is 2.22 bits per heavy atom. The van der Waals surface area contributed by atoms with E-state index in [9.17, 15) is 4.79 Å². The van der Waals surface area contributed by atoms with Gasteiger partial charge in [0, 0.05) is 47.2 Å². The number of ether oxygens (including phenoxy) is 2. The number of thioether (sulfide) groups is 1. The molecule has 0 bridgehead atoms. The summed E-state index contributed by atoms with van der Waals surface area (Å²) in [5.74, 6) is 1.46. The zero-order chi connectivity index (χ0) is 16.3. The molecule has 1 N–H and O–H groups in total. The highest BCUT2D eigenvalue weighted by Crippen LogP contribution is 2.21. The third-order valence-electron chi connectivity index (χ3n) is 3.58. The molecule has 128 valence electrons. The summed E-state index contributed by atoms with van der Waals surface area (Å²) in [7, 11) is 0. The molecule has 2 rings (SSSR count). The van der Waals surface area contributed by atoms with Gasteiger partial charge in [-0.2, -0.15) is 0 Å². The Kier molecular flexibility index (Phi) is 9.04. The van der Waals surface area contributed by atoms with Crippen molar-refractivity contribution in [3.63, 3.8) is 0 Å². The number of rotatable bonds is 10. The molecule has 1 aliphatic heterocycles. The summed E-state index contributed by atoms with van der Waals surface area (Å²) in [5.41, 5.74) is 0. The molecule has 0 spiro atoms. The summed E-state index contributed by atoms with van der Waals surface area (Å²) in [4.78, 5) is 12.9. The predicted octanol–water partition coefficient (Wildman–Crippen LogP) is 3.49. The van der Waals surface area contributed by atoms with Crippen molar-refractivity contribution in [2.75, 3.05) is 38.7 Å². The van der Waals surface area contributed by atoms with Gasteiger partial charge in [-0.25, -0.2) is 0 Å². The van der Waals surface area contributed by atoms with Gasteiger partial charge in [-0.15, -0.1) is 11.8 Å². The number of carbonyl (C=O) groups excluding carboxylic acids is 1. The van der Waals surface area contributed by atoms with Gasteiger partial charge in [0.1, 0.15) is 0 Å². The molecule has 4 nitrogen and oxygen atoms in total. The molecule has 1 aromatic rings. The second-order valence-corrected chi connectivity index (χ2v) is 7.64. The lowest BCUT2D eigenvalue weighted by atomic mass is 10.1. The molecular formula is C17H24BrNO3S. The molecule has 1 aromatic carbocycles. The largest absolute Gasteiger partial charge is 0.381 e. The van der Waals surface area contributed by atoms with Crippen LogP contribution in [-0.4, -0.2) is 44.6 Å². The van der Waals surface area contributed by atoms with Crippen LogP contribution in [0.25, 0.3) is 0 Å². The molecular weight excluding hydrogens is 378 g/mol. The van der Waals surface area contributed by atoms with Gasteiger partial charge in [-0.05, 0) is 37.1 Å². The number of hydrogen-bond acceptors (Lipinski definition) is 4. The van der Waals surface area contributed by atoms with Crippen LogP contribution in [0.15, 0.2) is 33.6 Å². The lowest BCUT2D eigenvalue weighted by Crippen LogP contribution is -2.25. The fraction of sp³-hybridized carbons (Fsp3) is 0.588. The minimum Gasteiger partial charge on any atom is -0.381 e. The van der Waals surface area contributed by atoms with E-state index in [1.54, 1.807) is 11.8 Å². The average Bonchev–Trinajstić information content (AvgIpc) is 3.06. The fourth-order valence-corrected chi connectivity index (χ4v) is 3.36. The SMILES string of the molecule is O=C(CCSc1ccc(Br)cc1)NCCCOCC1CCOC1. The van der Waals surface area contributed by atoms with Crippen LogP contribution in [0.5, 0.6) is 0 Å². The lowest BCUT2D eigenvalue weighted by molar-refractivity contribution is -0.120.